The molecule has 0 aliphatic rings. The Kier molecular flexibility index (Phi) is 5.35. The Morgan fingerprint density at radius 3 is 2.24 bits per heavy atom. The number of rotatable bonds is 5. The smallest absolute Gasteiger partial charge is 0.399 e. The van der Waals surface area contributed by atoms with Gasteiger partial charge in [0.25, 0.3) is 0 Å². The third-order valence-corrected chi connectivity index (χ3v) is 4.20. The molecule has 1 rings (SSSR count). The highest BCUT2D eigenvalue weighted by Crippen LogP contribution is 2.26. The van der Waals surface area contributed by atoms with E-state index in [9.17, 15) is 21.6 Å². The lowest BCUT2D eigenvalue weighted by atomic mass is 10.1. The fourth-order valence-corrected chi connectivity index (χ4v) is 2.15. The number of likely N-dealkylation sites (N-methyl/N-ethyl adjacent to an activating group) is 1. The van der Waals surface area contributed by atoms with E-state index in [0.717, 1.165) is 12.6 Å². The van der Waals surface area contributed by atoms with Crippen LogP contribution in [-0.4, -0.2) is 44.6 Å². The van der Waals surface area contributed by atoms with Crippen molar-refractivity contribution in [3.05, 3.63) is 35.4 Å². The van der Waals surface area contributed by atoms with Crippen LogP contribution in [0.15, 0.2) is 29.4 Å². The second-order valence-corrected chi connectivity index (χ2v) is 6.33. The molecule has 0 fully saturated rings. The Balaban J connectivity index is 3.06. The Morgan fingerprint density at radius 2 is 1.81 bits per heavy atom. The Bertz CT molecular complexity index is 610. The number of hydrogen-bond donors (Lipinski definition) is 0. The lowest BCUT2D eigenvalue weighted by Gasteiger charge is -2.19. The molecule has 0 saturated carbocycles. The van der Waals surface area contributed by atoms with Crippen molar-refractivity contribution < 1.29 is 26.4 Å². The van der Waals surface area contributed by atoms with Gasteiger partial charge in [0, 0.05) is 12.6 Å². The highest BCUT2D eigenvalue weighted by atomic mass is 32.2. The van der Waals surface area contributed by atoms with Crippen LogP contribution in [0, 0.1) is 6.92 Å². The SMILES string of the molecule is CO/N=C(/CN(C)S(=O)(=O)C(F)(F)F)c1ccc(C)cc1. The van der Waals surface area contributed by atoms with Crippen LogP contribution in [0.2, 0.25) is 0 Å². The van der Waals surface area contributed by atoms with E-state index in [2.05, 4.69) is 9.99 Å². The van der Waals surface area contributed by atoms with Crippen LogP contribution in [-0.2, 0) is 14.9 Å². The zero-order valence-electron chi connectivity index (χ0n) is 11.7. The number of hydrogen-bond acceptors (Lipinski definition) is 4. The van der Waals surface area contributed by atoms with Gasteiger partial charge in [0.1, 0.15) is 12.8 Å². The van der Waals surface area contributed by atoms with Gasteiger partial charge in [0.05, 0.1) is 6.54 Å². The third-order valence-electron chi connectivity index (χ3n) is 2.66. The zero-order valence-corrected chi connectivity index (χ0v) is 12.5. The fourth-order valence-electron chi connectivity index (χ4n) is 1.50. The molecule has 0 radical (unpaired) electrons. The number of benzene rings is 1. The summed E-state index contributed by atoms with van der Waals surface area (Å²) in [4.78, 5) is 4.57. The number of sulfonamides is 1. The second kappa shape index (κ2) is 6.44. The van der Waals surface area contributed by atoms with Crippen LogP contribution < -0.4 is 0 Å². The maximum Gasteiger partial charge on any atom is 0.511 e. The molecule has 1 aromatic carbocycles. The van der Waals surface area contributed by atoms with E-state index in [4.69, 9.17) is 0 Å². The molecule has 0 amide bonds. The van der Waals surface area contributed by atoms with Gasteiger partial charge in [0.2, 0.25) is 0 Å². The zero-order chi connectivity index (χ0) is 16.3. The molecule has 0 heterocycles. The summed E-state index contributed by atoms with van der Waals surface area (Å²) in [7, 11) is -3.34. The predicted molar refractivity (Wildman–Crippen MR) is 72.3 cm³/mol. The van der Waals surface area contributed by atoms with Gasteiger partial charge in [-0.15, -0.1) is 0 Å². The second-order valence-electron chi connectivity index (χ2n) is 4.29. The van der Waals surface area contributed by atoms with Crippen LogP contribution in [0.4, 0.5) is 13.2 Å². The van der Waals surface area contributed by atoms with Gasteiger partial charge >= 0.3 is 15.5 Å². The van der Waals surface area contributed by atoms with Crippen molar-refractivity contribution in [3.63, 3.8) is 0 Å². The van der Waals surface area contributed by atoms with Crippen molar-refractivity contribution in [2.24, 2.45) is 5.16 Å². The van der Waals surface area contributed by atoms with Crippen molar-refractivity contribution in [2.45, 2.75) is 12.4 Å². The molecule has 0 bridgehead atoms. The van der Waals surface area contributed by atoms with E-state index >= 15 is 0 Å². The molecule has 5 nitrogen and oxygen atoms in total. The van der Waals surface area contributed by atoms with E-state index in [1.807, 2.05) is 6.92 Å². The quantitative estimate of drug-likeness (QED) is 0.616. The summed E-state index contributed by atoms with van der Waals surface area (Å²) in [6, 6.07) is 6.72. The standard InChI is InChI=1S/C12H15F3N2O3S/c1-9-4-6-10(7-5-9)11(16-20-3)8-17(2)21(18,19)12(13,14)15/h4-7H,8H2,1-3H3/b16-11-. The van der Waals surface area contributed by atoms with Crippen LogP contribution in [0.1, 0.15) is 11.1 Å². The van der Waals surface area contributed by atoms with Crippen molar-refractivity contribution in [1.82, 2.24) is 4.31 Å². The first kappa shape index (κ1) is 17.4. The Hall–Kier alpha value is -1.61. The Labute approximate surface area is 121 Å². The van der Waals surface area contributed by atoms with E-state index in [1.165, 1.54) is 7.11 Å². The van der Waals surface area contributed by atoms with Gasteiger partial charge in [-0.25, -0.2) is 8.42 Å². The number of alkyl halides is 3. The molecule has 0 N–H and O–H groups in total. The molecule has 9 heteroatoms. The van der Waals surface area contributed by atoms with Crippen molar-refractivity contribution in [1.29, 1.82) is 0 Å². The fraction of sp³-hybridized carbons (Fsp3) is 0.417. The molecule has 0 unspecified atom stereocenters. The van der Waals surface area contributed by atoms with Crippen LogP contribution in [0.5, 0.6) is 0 Å². The molecule has 0 saturated heterocycles. The minimum absolute atomic E-state index is 0.0767. The molecule has 0 atom stereocenters. The molecule has 0 spiro atoms. The van der Waals surface area contributed by atoms with Gasteiger partial charge in [-0.05, 0) is 6.92 Å². The largest absolute Gasteiger partial charge is 0.511 e. The first-order chi connectivity index (χ1) is 9.59. The maximum absolute atomic E-state index is 12.5. The lowest BCUT2D eigenvalue weighted by molar-refractivity contribution is -0.0479. The summed E-state index contributed by atoms with van der Waals surface area (Å²) in [6.45, 7) is 1.29. The van der Waals surface area contributed by atoms with Crippen molar-refractivity contribution >= 4 is 15.7 Å². The third kappa shape index (κ3) is 4.18. The summed E-state index contributed by atoms with van der Waals surface area (Å²) in [5, 5.41) is 3.60. The lowest BCUT2D eigenvalue weighted by Crippen LogP contribution is -2.41. The van der Waals surface area contributed by atoms with E-state index < -0.39 is 22.1 Å². The van der Waals surface area contributed by atoms with Gasteiger partial charge in [-0.2, -0.15) is 17.5 Å². The maximum atomic E-state index is 12.5. The number of oxime groups is 1. The summed E-state index contributed by atoms with van der Waals surface area (Å²) < 4.78 is 60.2. The topological polar surface area (TPSA) is 59.0 Å². The monoisotopic (exact) mass is 324 g/mol. The van der Waals surface area contributed by atoms with Gasteiger partial charge in [-0.3, -0.25) is 0 Å². The molecular formula is C12H15F3N2O3S. The number of nitrogens with zero attached hydrogens (tertiary/aromatic N) is 2. The summed E-state index contributed by atoms with van der Waals surface area (Å²) in [5.41, 5.74) is -3.85. The van der Waals surface area contributed by atoms with Gasteiger partial charge in [-0.1, -0.05) is 35.0 Å². The van der Waals surface area contributed by atoms with Crippen LogP contribution in [0.25, 0.3) is 0 Å². The van der Waals surface area contributed by atoms with E-state index in [0.29, 0.717) is 5.56 Å². The molecule has 0 aliphatic heterocycles. The molecule has 0 aromatic heterocycles. The summed E-state index contributed by atoms with van der Waals surface area (Å²) in [5.74, 6) is 0. The van der Waals surface area contributed by atoms with Crippen LogP contribution >= 0.6 is 0 Å². The van der Waals surface area contributed by atoms with Crippen molar-refractivity contribution in [2.75, 3.05) is 20.7 Å². The molecule has 0 aliphatic carbocycles. The van der Waals surface area contributed by atoms with E-state index in [1.54, 1.807) is 24.3 Å². The molecular weight excluding hydrogens is 309 g/mol. The van der Waals surface area contributed by atoms with E-state index in [-0.39, 0.29) is 10.0 Å². The van der Waals surface area contributed by atoms with Gasteiger partial charge < -0.3 is 4.84 Å². The first-order valence-electron chi connectivity index (χ1n) is 5.79. The number of halogens is 3. The molecule has 118 valence electrons. The molecule has 21 heavy (non-hydrogen) atoms. The Morgan fingerprint density at radius 1 is 1.29 bits per heavy atom. The minimum atomic E-state index is -5.41. The summed E-state index contributed by atoms with van der Waals surface area (Å²) >= 11 is 0. The highest BCUT2D eigenvalue weighted by molar-refractivity contribution is 7.90. The highest BCUT2D eigenvalue weighted by Gasteiger charge is 2.48. The van der Waals surface area contributed by atoms with Gasteiger partial charge in [0.15, 0.2) is 0 Å². The number of aryl methyl sites for hydroxylation is 1. The average Bonchev–Trinajstić information content (AvgIpc) is 2.37. The first-order valence-corrected chi connectivity index (χ1v) is 7.23. The normalized spacial score (nSPS) is 13.6. The average molecular weight is 324 g/mol. The minimum Gasteiger partial charge on any atom is -0.399 e. The molecule has 1 aromatic rings. The van der Waals surface area contributed by atoms with Crippen LogP contribution in [0.3, 0.4) is 0 Å². The van der Waals surface area contributed by atoms with Crippen molar-refractivity contribution in [3.8, 4) is 0 Å². The predicted octanol–water partition coefficient (Wildman–Crippen LogP) is 2.13. The summed E-state index contributed by atoms with van der Waals surface area (Å²) in [6.07, 6.45) is 0.